The molecule has 0 fully saturated rings. The van der Waals surface area contributed by atoms with Gasteiger partial charge in [-0.15, -0.1) is 0 Å². The second kappa shape index (κ2) is 9.65. The van der Waals surface area contributed by atoms with Crippen molar-refractivity contribution in [3.05, 3.63) is 65.2 Å². The highest BCUT2D eigenvalue weighted by atomic mass is 16.5. The van der Waals surface area contributed by atoms with E-state index in [1.807, 2.05) is 0 Å². The largest absolute Gasteiger partial charge is 0.497 e. The lowest BCUT2D eigenvalue weighted by molar-refractivity contribution is 0.413. The highest BCUT2D eigenvalue weighted by Crippen LogP contribution is 2.35. The van der Waals surface area contributed by atoms with E-state index in [0.29, 0.717) is 0 Å². The van der Waals surface area contributed by atoms with Crippen molar-refractivity contribution in [2.24, 2.45) is 5.92 Å². The Labute approximate surface area is 154 Å². The zero-order valence-electron chi connectivity index (χ0n) is 15.1. The topological polar surface area (TPSA) is 9.23 Å². The van der Waals surface area contributed by atoms with Gasteiger partial charge >= 0.3 is 0 Å². The molecular formula is C24H34O. The van der Waals surface area contributed by atoms with E-state index >= 15 is 0 Å². The van der Waals surface area contributed by atoms with E-state index in [4.69, 9.17) is 4.74 Å². The zero-order chi connectivity index (χ0) is 16.8. The third kappa shape index (κ3) is 5.36. The number of hydrogen-bond acceptors (Lipinski definition) is 1. The zero-order valence-corrected chi connectivity index (χ0v) is 15.1. The lowest BCUT2D eigenvalue weighted by Crippen LogP contribution is -2.11. The molecule has 0 saturated carbocycles. The molecule has 2 atom stereocenters. The molecule has 2 aromatic carbocycles. The van der Waals surface area contributed by atoms with E-state index in [1.165, 1.54) is 50.5 Å². The molecule has 0 bridgehead atoms. The monoisotopic (exact) mass is 338 g/mol. The Kier molecular flexibility index (Phi) is 7.55. The number of rotatable bonds is 7. The van der Waals surface area contributed by atoms with Gasteiger partial charge in [0, 0.05) is 0 Å². The second-order valence-corrected chi connectivity index (χ2v) is 7.36. The van der Waals surface area contributed by atoms with Crippen molar-refractivity contribution in [2.75, 3.05) is 7.11 Å². The summed E-state index contributed by atoms with van der Waals surface area (Å²) in [5.41, 5.74) is 4.65. The number of ether oxygens (including phenoxy) is 1. The minimum atomic E-state index is 0. The summed E-state index contributed by atoms with van der Waals surface area (Å²) in [5.74, 6) is 2.53. The van der Waals surface area contributed by atoms with Crippen molar-refractivity contribution >= 4 is 0 Å². The molecule has 0 aliphatic heterocycles. The first-order valence-electron chi connectivity index (χ1n) is 9.47. The van der Waals surface area contributed by atoms with Gasteiger partial charge in [-0.1, -0.05) is 57.2 Å². The van der Waals surface area contributed by atoms with Crippen LogP contribution < -0.4 is 4.74 Å². The summed E-state index contributed by atoms with van der Waals surface area (Å²) in [5, 5.41) is 0. The van der Waals surface area contributed by atoms with Crippen molar-refractivity contribution < 1.29 is 4.74 Å². The Hall–Kier alpha value is -1.76. The highest BCUT2D eigenvalue weighted by molar-refractivity contribution is 5.32. The first-order valence-corrected chi connectivity index (χ1v) is 9.47. The van der Waals surface area contributed by atoms with Gasteiger partial charge in [0.2, 0.25) is 0 Å². The van der Waals surface area contributed by atoms with Gasteiger partial charge in [0.1, 0.15) is 5.75 Å². The molecule has 0 saturated heterocycles. The average molecular weight is 339 g/mol. The fourth-order valence-electron chi connectivity index (χ4n) is 3.99. The number of benzene rings is 2. The quantitative estimate of drug-likeness (QED) is 0.539. The number of methoxy groups -OCH3 is 1. The number of hydrogen-bond donors (Lipinski definition) is 0. The van der Waals surface area contributed by atoms with Gasteiger partial charge in [-0.2, -0.15) is 0 Å². The van der Waals surface area contributed by atoms with Gasteiger partial charge in [-0.3, -0.25) is 0 Å². The lowest BCUT2D eigenvalue weighted by Gasteiger charge is -2.26. The maximum atomic E-state index is 5.23. The summed E-state index contributed by atoms with van der Waals surface area (Å²) >= 11 is 0. The standard InChI is InChI=1S/C23H30O.CH4/c1-18(10-12-19-13-16-22(24-2)17-14-19)11-15-21-8-5-7-20-6-3-4-9-23(20)21;/h3-4,6,9,13-14,16-18,21H,5,7-8,10-12,15H2,1-2H3;1H4. The van der Waals surface area contributed by atoms with E-state index in [0.717, 1.165) is 17.6 Å². The minimum Gasteiger partial charge on any atom is -0.497 e. The van der Waals surface area contributed by atoms with Gasteiger partial charge in [0.15, 0.2) is 0 Å². The van der Waals surface area contributed by atoms with Crippen LogP contribution in [0.1, 0.15) is 69.1 Å². The van der Waals surface area contributed by atoms with Crippen LogP contribution >= 0.6 is 0 Å². The van der Waals surface area contributed by atoms with Crippen LogP contribution in [-0.4, -0.2) is 7.11 Å². The van der Waals surface area contributed by atoms with Gasteiger partial charge in [-0.05, 0) is 79.2 Å². The van der Waals surface area contributed by atoms with Crippen molar-refractivity contribution in [1.82, 2.24) is 0 Å². The lowest BCUT2D eigenvalue weighted by atomic mass is 9.79. The molecular weight excluding hydrogens is 304 g/mol. The maximum Gasteiger partial charge on any atom is 0.118 e. The SMILES string of the molecule is C.COc1ccc(CCC(C)CCC2CCCc3ccccc32)cc1. The summed E-state index contributed by atoms with van der Waals surface area (Å²) in [7, 11) is 1.72. The van der Waals surface area contributed by atoms with Crippen molar-refractivity contribution in [2.45, 2.75) is 65.2 Å². The van der Waals surface area contributed by atoms with Crippen molar-refractivity contribution in [3.8, 4) is 5.75 Å². The number of aryl methyl sites for hydroxylation is 2. The van der Waals surface area contributed by atoms with E-state index in [-0.39, 0.29) is 7.43 Å². The fraction of sp³-hybridized carbons (Fsp3) is 0.500. The predicted molar refractivity (Wildman–Crippen MR) is 109 cm³/mol. The van der Waals surface area contributed by atoms with Crippen LogP contribution in [-0.2, 0) is 12.8 Å². The molecule has 1 aliphatic carbocycles. The fourth-order valence-corrected chi connectivity index (χ4v) is 3.99. The summed E-state index contributed by atoms with van der Waals surface area (Å²) < 4.78 is 5.23. The molecule has 3 rings (SSSR count). The Morgan fingerprint density at radius 3 is 2.56 bits per heavy atom. The Morgan fingerprint density at radius 2 is 1.80 bits per heavy atom. The van der Waals surface area contributed by atoms with Gasteiger partial charge < -0.3 is 4.74 Å². The molecule has 2 aromatic rings. The molecule has 0 N–H and O–H groups in total. The van der Waals surface area contributed by atoms with Gasteiger partial charge in [0.05, 0.1) is 7.11 Å². The van der Waals surface area contributed by atoms with Crippen LogP contribution in [0, 0.1) is 5.92 Å². The van der Waals surface area contributed by atoms with Crippen LogP contribution in [0.25, 0.3) is 0 Å². The normalized spacial score (nSPS) is 17.3. The smallest absolute Gasteiger partial charge is 0.118 e. The van der Waals surface area contributed by atoms with Crippen LogP contribution in [0.2, 0.25) is 0 Å². The molecule has 1 heteroatoms. The Morgan fingerprint density at radius 1 is 1.04 bits per heavy atom. The molecule has 0 aromatic heterocycles. The van der Waals surface area contributed by atoms with Crippen molar-refractivity contribution in [1.29, 1.82) is 0 Å². The molecule has 0 heterocycles. The van der Waals surface area contributed by atoms with Gasteiger partial charge in [-0.25, -0.2) is 0 Å². The minimum absolute atomic E-state index is 0. The predicted octanol–water partition coefficient (Wildman–Crippen LogP) is 6.80. The molecule has 25 heavy (non-hydrogen) atoms. The van der Waals surface area contributed by atoms with Crippen LogP contribution in [0.3, 0.4) is 0 Å². The first-order chi connectivity index (χ1) is 11.8. The van der Waals surface area contributed by atoms with E-state index in [1.54, 1.807) is 18.2 Å². The molecule has 1 nitrogen and oxygen atoms in total. The van der Waals surface area contributed by atoms with E-state index in [2.05, 4.69) is 55.5 Å². The second-order valence-electron chi connectivity index (χ2n) is 7.36. The van der Waals surface area contributed by atoms with E-state index < -0.39 is 0 Å². The number of fused-ring (bicyclic) bond motifs is 1. The Balaban J connectivity index is 0.00000225. The maximum absolute atomic E-state index is 5.23. The average Bonchev–Trinajstić information content (AvgIpc) is 2.65. The molecule has 136 valence electrons. The summed E-state index contributed by atoms with van der Waals surface area (Å²) in [6.07, 6.45) is 9.16. The summed E-state index contributed by atoms with van der Waals surface area (Å²) in [6, 6.07) is 17.6. The summed E-state index contributed by atoms with van der Waals surface area (Å²) in [6.45, 7) is 2.41. The third-order valence-corrected chi connectivity index (χ3v) is 5.59. The van der Waals surface area contributed by atoms with Crippen LogP contribution in [0.4, 0.5) is 0 Å². The molecule has 0 radical (unpaired) electrons. The molecule has 0 amide bonds. The molecule has 2 unspecified atom stereocenters. The van der Waals surface area contributed by atoms with E-state index in [9.17, 15) is 0 Å². The van der Waals surface area contributed by atoms with Crippen LogP contribution in [0.5, 0.6) is 5.75 Å². The first kappa shape index (κ1) is 19.6. The van der Waals surface area contributed by atoms with Crippen molar-refractivity contribution in [3.63, 3.8) is 0 Å². The molecule has 0 spiro atoms. The third-order valence-electron chi connectivity index (χ3n) is 5.59. The Bertz CT molecular complexity index is 629. The van der Waals surface area contributed by atoms with Crippen LogP contribution in [0.15, 0.2) is 48.5 Å². The van der Waals surface area contributed by atoms with Gasteiger partial charge in [0.25, 0.3) is 0 Å². The summed E-state index contributed by atoms with van der Waals surface area (Å²) in [4.78, 5) is 0. The highest BCUT2D eigenvalue weighted by Gasteiger charge is 2.20. The molecule has 1 aliphatic rings.